The molecule has 1 aromatic carbocycles. The van der Waals surface area contributed by atoms with Crippen LogP contribution in [0, 0.1) is 10.1 Å². The number of nitro groups is 1. The van der Waals surface area contributed by atoms with Crippen LogP contribution in [-0.2, 0) is 42.9 Å². The van der Waals surface area contributed by atoms with Gasteiger partial charge in [0.25, 0.3) is 0 Å². The number of nitrogens with zero attached hydrogens (tertiary/aromatic N) is 1. The minimum atomic E-state index is -1.85. The molecule has 1 heterocycles. The topological polar surface area (TPSA) is 167 Å². The number of benzene rings is 1. The molecule has 192 valence electrons. The van der Waals surface area contributed by atoms with E-state index in [-0.39, 0.29) is 11.1 Å². The molecule has 0 unspecified atom stereocenters. The number of hydrogen-bond acceptors (Lipinski definition) is 12. The first-order valence-corrected chi connectivity index (χ1v) is 11.3. The van der Waals surface area contributed by atoms with Crippen molar-refractivity contribution in [2.75, 3.05) is 11.9 Å². The number of rotatable bonds is 9. The molecule has 13 nitrogen and oxygen atoms in total. The molecule has 2 rings (SSSR count). The molecular weight excluding hydrogens is 538 g/mol. The van der Waals surface area contributed by atoms with Gasteiger partial charge in [0.05, 0.1) is 4.92 Å². The van der Waals surface area contributed by atoms with E-state index in [0.29, 0.717) is 0 Å². The Labute approximate surface area is 208 Å². The summed E-state index contributed by atoms with van der Waals surface area (Å²) in [6.45, 7) is 3.88. The van der Waals surface area contributed by atoms with Gasteiger partial charge >= 0.3 is 29.6 Å². The lowest BCUT2D eigenvalue weighted by molar-refractivity contribution is -0.387. The first-order chi connectivity index (χ1) is 16.4. The van der Waals surface area contributed by atoms with Gasteiger partial charge in [-0.3, -0.25) is 29.3 Å². The van der Waals surface area contributed by atoms with Crippen LogP contribution in [0.25, 0.3) is 0 Å². The van der Waals surface area contributed by atoms with E-state index < -0.39 is 71.3 Å². The van der Waals surface area contributed by atoms with Gasteiger partial charge in [0.15, 0.2) is 17.5 Å². The number of halogens is 1. The molecule has 1 fully saturated rings. The quantitative estimate of drug-likeness (QED) is 0.141. The van der Waals surface area contributed by atoms with Crippen molar-refractivity contribution in [3.8, 4) is 5.75 Å². The SMILES string of the molecule is CC(=O)OC[C@H]1O[C@H](Oc2ccccc2[N+](=O)[O-])[C@H](OC(C)=O)[C@@H](OC(C)=O)[C@@]1(CBr)OC(C)=O. The Morgan fingerprint density at radius 1 is 1.03 bits per heavy atom. The molecule has 0 aliphatic carbocycles. The summed E-state index contributed by atoms with van der Waals surface area (Å²) < 4.78 is 33.0. The first-order valence-electron chi connectivity index (χ1n) is 10.2. The zero-order valence-electron chi connectivity index (χ0n) is 19.3. The molecule has 14 heteroatoms. The minimum Gasteiger partial charge on any atom is -0.463 e. The largest absolute Gasteiger partial charge is 0.463 e. The normalized spacial score (nSPS) is 25.6. The second kappa shape index (κ2) is 11.9. The Balaban J connectivity index is 2.66. The Hall–Kier alpha value is -3.26. The third-order valence-electron chi connectivity index (χ3n) is 4.77. The van der Waals surface area contributed by atoms with Gasteiger partial charge in [-0.2, -0.15) is 0 Å². The van der Waals surface area contributed by atoms with E-state index in [1.165, 1.54) is 24.3 Å². The van der Waals surface area contributed by atoms with E-state index in [1.54, 1.807) is 0 Å². The summed E-state index contributed by atoms with van der Waals surface area (Å²) in [5.74, 6) is -3.41. The first kappa shape index (κ1) is 28.0. The number of para-hydroxylation sites is 2. The molecule has 0 radical (unpaired) electrons. The van der Waals surface area contributed by atoms with Gasteiger partial charge < -0.3 is 28.4 Å². The zero-order valence-corrected chi connectivity index (χ0v) is 20.8. The van der Waals surface area contributed by atoms with Crippen LogP contribution in [0.4, 0.5) is 5.69 Å². The van der Waals surface area contributed by atoms with Crippen molar-refractivity contribution >= 4 is 45.5 Å². The maximum absolute atomic E-state index is 12.1. The molecule has 5 atom stereocenters. The second-order valence-electron chi connectivity index (χ2n) is 7.42. The van der Waals surface area contributed by atoms with Crippen molar-refractivity contribution in [2.45, 2.75) is 57.9 Å². The molecule has 0 aromatic heterocycles. The summed E-state index contributed by atoms with van der Waals surface area (Å²) >= 11 is 3.23. The fourth-order valence-electron chi connectivity index (χ4n) is 3.49. The number of carbonyl (C=O) groups excluding carboxylic acids is 4. The van der Waals surface area contributed by atoms with E-state index in [1.807, 2.05) is 0 Å². The molecule has 0 N–H and O–H groups in total. The van der Waals surface area contributed by atoms with Crippen LogP contribution >= 0.6 is 15.9 Å². The van der Waals surface area contributed by atoms with Crippen LogP contribution in [0.2, 0.25) is 0 Å². The molecule has 0 saturated carbocycles. The molecule has 0 bridgehead atoms. The number of alkyl halides is 1. The van der Waals surface area contributed by atoms with Gasteiger partial charge in [-0.05, 0) is 6.07 Å². The Morgan fingerprint density at radius 2 is 1.66 bits per heavy atom. The third-order valence-corrected chi connectivity index (χ3v) is 5.65. The number of nitro benzene ring substituents is 1. The predicted octanol–water partition coefficient (Wildman–Crippen LogP) is 1.82. The van der Waals surface area contributed by atoms with E-state index in [2.05, 4.69) is 15.9 Å². The van der Waals surface area contributed by atoms with Crippen LogP contribution in [0.5, 0.6) is 5.75 Å². The molecule has 1 aromatic rings. The average molecular weight is 562 g/mol. The lowest BCUT2D eigenvalue weighted by Gasteiger charge is -2.50. The van der Waals surface area contributed by atoms with E-state index >= 15 is 0 Å². The molecule has 1 aliphatic rings. The summed E-state index contributed by atoms with van der Waals surface area (Å²) in [7, 11) is 0. The molecule has 35 heavy (non-hydrogen) atoms. The molecule has 1 saturated heterocycles. The van der Waals surface area contributed by atoms with Gasteiger partial charge in [0, 0.05) is 39.1 Å². The number of esters is 4. The second-order valence-corrected chi connectivity index (χ2v) is 7.99. The molecule has 0 spiro atoms. The van der Waals surface area contributed by atoms with Crippen molar-refractivity contribution < 1.29 is 52.5 Å². The van der Waals surface area contributed by atoms with E-state index in [4.69, 9.17) is 28.4 Å². The monoisotopic (exact) mass is 561 g/mol. The molecule has 0 amide bonds. The Bertz CT molecular complexity index is 985. The highest BCUT2D eigenvalue weighted by Crippen LogP contribution is 2.40. The van der Waals surface area contributed by atoms with Crippen LogP contribution in [0.15, 0.2) is 24.3 Å². The van der Waals surface area contributed by atoms with Crippen molar-refractivity contribution in [3.05, 3.63) is 34.4 Å². The predicted molar refractivity (Wildman–Crippen MR) is 118 cm³/mol. The lowest BCUT2D eigenvalue weighted by Crippen LogP contribution is -2.71. The summed E-state index contributed by atoms with van der Waals surface area (Å²) in [4.78, 5) is 58.3. The van der Waals surface area contributed by atoms with Crippen molar-refractivity contribution in [1.82, 2.24) is 0 Å². The van der Waals surface area contributed by atoms with E-state index in [9.17, 15) is 29.3 Å². The third kappa shape index (κ3) is 6.88. The number of hydrogen-bond donors (Lipinski definition) is 0. The van der Waals surface area contributed by atoms with Gasteiger partial charge in [0.1, 0.15) is 12.7 Å². The standard InChI is InChI=1S/C21H24BrNO12/c1-11(24)30-9-17-21(10-22,35-14(4)27)19(32-13(3)26)18(31-12(2)25)20(34-17)33-16-8-6-5-7-15(16)23(28)29/h5-8,17-20H,9-10H2,1-4H3/t17-,18-,19-,20+,21+/m1/s1. The van der Waals surface area contributed by atoms with Crippen LogP contribution in [-0.4, -0.2) is 70.9 Å². The fraction of sp³-hybridized carbons (Fsp3) is 0.524. The average Bonchev–Trinajstić information content (AvgIpc) is 2.75. The van der Waals surface area contributed by atoms with Crippen molar-refractivity contribution in [2.24, 2.45) is 0 Å². The maximum Gasteiger partial charge on any atom is 0.311 e. The number of carbonyl (C=O) groups is 4. The fourth-order valence-corrected chi connectivity index (χ4v) is 4.29. The molecule has 1 aliphatic heterocycles. The highest BCUT2D eigenvalue weighted by molar-refractivity contribution is 9.09. The summed E-state index contributed by atoms with van der Waals surface area (Å²) in [5, 5.41) is 11.2. The van der Waals surface area contributed by atoms with Gasteiger partial charge in [-0.1, -0.05) is 28.1 Å². The van der Waals surface area contributed by atoms with Crippen LogP contribution < -0.4 is 4.74 Å². The van der Waals surface area contributed by atoms with Crippen LogP contribution in [0.1, 0.15) is 27.7 Å². The van der Waals surface area contributed by atoms with Gasteiger partial charge in [0.2, 0.25) is 12.4 Å². The van der Waals surface area contributed by atoms with E-state index in [0.717, 1.165) is 27.7 Å². The maximum atomic E-state index is 12.1. The minimum absolute atomic E-state index is 0.209. The van der Waals surface area contributed by atoms with Crippen LogP contribution in [0.3, 0.4) is 0 Å². The summed E-state index contributed by atoms with van der Waals surface area (Å²) in [5.41, 5.74) is -2.27. The smallest absolute Gasteiger partial charge is 0.311 e. The Kier molecular flexibility index (Phi) is 9.54. The number of ether oxygens (including phenoxy) is 6. The summed E-state index contributed by atoms with van der Waals surface area (Å²) in [6, 6.07) is 5.35. The van der Waals surface area contributed by atoms with Gasteiger partial charge in [-0.25, -0.2) is 0 Å². The van der Waals surface area contributed by atoms with Crippen molar-refractivity contribution in [3.63, 3.8) is 0 Å². The zero-order chi connectivity index (χ0) is 26.3. The van der Waals surface area contributed by atoms with Gasteiger partial charge in [-0.15, -0.1) is 0 Å². The van der Waals surface area contributed by atoms with Crippen molar-refractivity contribution in [1.29, 1.82) is 0 Å². The highest BCUT2D eigenvalue weighted by Gasteiger charge is 2.63. The highest BCUT2D eigenvalue weighted by atomic mass is 79.9. The Morgan fingerprint density at radius 3 is 2.17 bits per heavy atom. The molecular formula is C21H24BrNO12. The summed E-state index contributed by atoms with van der Waals surface area (Å²) in [6.07, 6.45) is -6.01. The lowest BCUT2D eigenvalue weighted by atomic mass is 9.85.